The molecule has 1 N–H and O–H groups in total. The number of methoxy groups -OCH3 is 2. The molecule has 0 aliphatic heterocycles. The average Bonchev–Trinajstić information content (AvgIpc) is 3.07. The van der Waals surface area contributed by atoms with Crippen LogP contribution in [0.1, 0.15) is 46.0 Å². The summed E-state index contributed by atoms with van der Waals surface area (Å²) in [6, 6.07) is 5.26. The van der Waals surface area contributed by atoms with Crippen LogP contribution in [-0.2, 0) is 14.3 Å². The van der Waals surface area contributed by atoms with Gasteiger partial charge in [-0.1, -0.05) is 11.6 Å². The van der Waals surface area contributed by atoms with E-state index in [2.05, 4.69) is 5.32 Å². The predicted molar refractivity (Wildman–Crippen MR) is 99.5 cm³/mol. The van der Waals surface area contributed by atoms with Crippen molar-refractivity contribution in [1.82, 2.24) is 0 Å². The average molecular weight is 370 g/mol. The Labute approximate surface area is 155 Å². The van der Waals surface area contributed by atoms with E-state index >= 15 is 0 Å². The highest BCUT2D eigenvalue weighted by atomic mass is 35.5. The summed E-state index contributed by atoms with van der Waals surface area (Å²) >= 11 is 6.29. The van der Waals surface area contributed by atoms with Crippen LogP contribution in [0, 0.1) is 0 Å². The lowest BCUT2D eigenvalue weighted by atomic mass is 10.0. The van der Waals surface area contributed by atoms with Crippen molar-refractivity contribution in [2.75, 3.05) is 26.1 Å². The van der Waals surface area contributed by atoms with Crippen LogP contribution in [0.3, 0.4) is 0 Å². The maximum absolute atomic E-state index is 12.6. The molecule has 1 aliphatic rings. The van der Waals surface area contributed by atoms with Crippen molar-refractivity contribution in [3.8, 4) is 5.75 Å². The van der Waals surface area contributed by atoms with Crippen LogP contribution < -0.4 is 10.1 Å². The third kappa shape index (κ3) is 5.09. The molecule has 2 rings (SSSR count). The minimum Gasteiger partial charge on any atom is -0.492 e. The first-order chi connectivity index (χ1) is 11.8. The summed E-state index contributed by atoms with van der Waals surface area (Å²) in [7, 11) is 3.28. The zero-order chi connectivity index (χ0) is 18.5. The van der Waals surface area contributed by atoms with E-state index < -0.39 is 5.60 Å². The highest BCUT2D eigenvalue weighted by molar-refractivity contribution is 6.32. The zero-order valence-electron chi connectivity index (χ0n) is 15.5. The number of amides is 1. The second-order valence-electron chi connectivity index (χ2n) is 7.07. The standard InChI is InChI=1S/C19H28ClNO4/c1-18(2,23-3)11-12-25-16-8-7-14(13-15(16)20)21-17(22)19(24-4)9-5-6-10-19/h7-8,13H,5-6,9-12H2,1-4H3,(H,21,22). The van der Waals surface area contributed by atoms with E-state index in [1.807, 2.05) is 13.8 Å². The van der Waals surface area contributed by atoms with E-state index in [4.69, 9.17) is 25.8 Å². The molecule has 1 aliphatic carbocycles. The number of anilines is 1. The van der Waals surface area contributed by atoms with Crippen molar-refractivity contribution in [3.63, 3.8) is 0 Å². The van der Waals surface area contributed by atoms with Crippen LogP contribution in [0.15, 0.2) is 18.2 Å². The molecule has 0 atom stereocenters. The topological polar surface area (TPSA) is 56.8 Å². The lowest BCUT2D eigenvalue weighted by Gasteiger charge is -2.26. The molecule has 0 saturated heterocycles. The van der Waals surface area contributed by atoms with Gasteiger partial charge in [-0.15, -0.1) is 0 Å². The summed E-state index contributed by atoms with van der Waals surface area (Å²) in [4.78, 5) is 12.6. The molecule has 1 saturated carbocycles. The van der Waals surface area contributed by atoms with Gasteiger partial charge >= 0.3 is 0 Å². The smallest absolute Gasteiger partial charge is 0.256 e. The van der Waals surface area contributed by atoms with Gasteiger partial charge in [0.05, 0.1) is 17.2 Å². The molecule has 25 heavy (non-hydrogen) atoms. The molecule has 1 aromatic rings. The van der Waals surface area contributed by atoms with Gasteiger partial charge < -0.3 is 19.5 Å². The van der Waals surface area contributed by atoms with Gasteiger partial charge in [0.2, 0.25) is 0 Å². The SMILES string of the molecule is COC(C)(C)CCOc1ccc(NC(=O)C2(OC)CCCC2)cc1Cl. The van der Waals surface area contributed by atoms with Crippen LogP contribution in [0.25, 0.3) is 0 Å². The molecular weight excluding hydrogens is 342 g/mol. The van der Waals surface area contributed by atoms with Gasteiger partial charge in [-0.2, -0.15) is 0 Å². The fraction of sp³-hybridized carbons (Fsp3) is 0.632. The molecule has 0 unspecified atom stereocenters. The highest BCUT2D eigenvalue weighted by Gasteiger charge is 2.41. The van der Waals surface area contributed by atoms with Crippen molar-refractivity contribution < 1.29 is 19.0 Å². The number of ether oxygens (including phenoxy) is 3. The minimum absolute atomic E-state index is 0.112. The number of rotatable bonds is 8. The molecule has 5 nitrogen and oxygen atoms in total. The number of carbonyl (C=O) groups is 1. The summed E-state index contributed by atoms with van der Waals surface area (Å²) in [5, 5.41) is 3.37. The number of halogens is 1. The first-order valence-electron chi connectivity index (χ1n) is 8.66. The van der Waals surface area contributed by atoms with E-state index in [-0.39, 0.29) is 11.5 Å². The van der Waals surface area contributed by atoms with Gasteiger partial charge in [-0.05, 0) is 57.7 Å². The fourth-order valence-corrected chi connectivity index (χ4v) is 3.15. The van der Waals surface area contributed by atoms with Crippen LogP contribution in [0.2, 0.25) is 5.02 Å². The Bertz CT molecular complexity index is 597. The summed E-state index contributed by atoms with van der Waals surface area (Å²) in [5.74, 6) is 0.480. The zero-order valence-corrected chi connectivity index (χ0v) is 16.2. The van der Waals surface area contributed by atoms with Crippen LogP contribution in [0.5, 0.6) is 5.75 Å². The number of hydrogen-bond acceptors (Lipinski definition) is 4. The normalized spacial score (nSPS) is 16.7. The molecule has 6 heteroatoms. The third-order valence-electron chi connectivity index (χ3n) is 4.92. The van der Waals surface area contributed by atoms with E-state index in [1.54, 1.807) is 32.4 Å². The molecule has 0 spiro atoms. The van der Waals surface area contributed by atoms with Crippen molar-refractivity contribution in [1.29, 1.82) is 0 Å². The first kappa shape index (κ1) is 20.0. The van der Waals surface area contributed by atoms with E-state index in [9.17, 15) is 4.79 Å². The minimum atomic E-state index is -0.715. The van der Waals surface area contributed by atoms with Gasteiger partial charge in [-0.3, -0.25) is 4.79 Å². The molecule has 1 fully saturated rings. The Morgan fingerprint density at radius 1 is 1.28 bits per heavy atom. The number of benzene rings is 1. The van der Waals surface area contributed by atoms with Crippen molar-refractivity contribution >= 4 is 23.2 Å². The van der Waals surface area contributed by atoms with Crippen molar-refractivity contribution in [3.05, 3.63) is 23.2 Å². The summed E-state index contributed by atoms with van der Waals surface area (Å²) in [5.41, 5.74) is -0.313. The lowest BCUT2D eigenvalue weighted by molar-refractivity contribution is -0.137. The molecule has 140 valence electrons. The van der Waals surface area contributed by atoms with Crippen LogP contribution >= 0.6 is 11.6 Å². The molecule has 0 bridgehead atoms. The predicted octanol–water partition coefficient (Wildman–Crippen LogP) is 4.43. The van der Waals surface area contributed by atoms with E-state index in [0.717, 1.165) is 32.1 Å². The van der Waals surface area contributed by atoms with Gasteiger partial charge in [0.1, 0.15) is 11.4 Å². The van der Waals surface area contributed by atoms with E-state index in [0.29, 0.717) is 23.1 Å². The Morgan fingerprint density at radius 3 is 2.52 bits per heavy atom. The van der Waals surface area contributed by atoms with Gasteiger partial charge in [0.15, 0.2) is 0 Å². The van der Waals surface area contributed by atoms with Gasteiger partial charge in [0.25, 0.3) is 5.91 Å². The molecule has 0 aromatic heterocycles. The molecular formula is C19H28ClNO4. The Balaban J connectivity index is 1.96. The second kappa shape index (κ2) is 8.39. The number of hydrogen-bond donors (Lipinski definition) is 1. The highest BCUT2D eigenvalue weighted by Crippen LogP contribution is 2.35. The Hall–Kier alpha value is -1.30. The monoisotopic (exact) mass is 369 g/mol. The largest absolute Gasteiger partial charge is 0.492 e. The lowest BCUT2D eigenvalue weighted by Crippen LogP contribution is -2.42. The quantitative estimate of drug-likeness (QED) is 0.736. The molecule has 1 amide bonds. The Kier molecular flexibility index (Phi) is 6.72. The third-order valence-corrected chi connectivity index (χ3v) is 5.22. The fourth-order valence-electron chi connectivity index (χ4n) is 2.92. The van der Waals surface area contributed by atoms with E-state index in [1.165, 1.54) is 0 Å². The molecule has 0 heterocycles. The van der Waals surface area contributed by atoms with Gasteiger partial charge in [0, 0.05) is 26.3 Å². The summed E-state index contributed by atoms with van der Waals surface area (Å²) in [6.07, 6.45) is 4.26. The molecule has 0 radical (unpaired) electrons. The Morgan fingerprint density at radius 2 is 1.96 bits per heavy atom. The van der Waals surface area contributed by atoms with Crippen LogP contribution in [0.4, 0.5) is 5.69 Å². The second-order valence-corrected chi connectivity index (χ2v) is 7.47. The summed E-state index contributed by atoms with van der Waals surface area (Å²) in [6.45, 7) is 4.51. The van der Waals surface area contributed by atoms with Crippen molar-refractivity contribution in [2.45, 2.75) is 57.2 Å². The van der Waals surface area contributed by atoms with Crippen molar-refractivity contribution in [2.24, 2.45) is 0 Å². The number of nitrogens with one attached hydrogen (secondary N) is 1. The van der Waals surface area contributed by atoms with Gasteiger partial charge in [-0.25, -0.2) is 0 Å². The van der Waals surface area contributed by atoms with Crippen LogP contribution in [-0.4, -0.2) is 37.9 Å². The molecule has 1 aromatic carbocycles. The maximum Gasteiger partial charge on any atom is 0.256 e. The maximum atomic E-state index is 12.6. The first-order valence-corrected chi connectivity index (χ1v) is 9.04. The number of carbonyl (C=O) groups excluding carboxylic acids is 1. The summed E-state index contributed by atoms with van der Waals surface area (Å²) < 4.78 is 16.6.